The van der Waals surface area contributed by atoms with E-state index < -0.39 is 24.0 Å². The molecule has 1 unspecified atom stereocenters. The van der Waals surface area contributed by atoms with Gasteiger partial charge < -0.3 is 35.3 Å². The number of hydrogen-bond acceptors (Lipinski definition) is 9. The molecule has 1 aromatic carbocycles. The van der Waals surface area contributed by atoms with Crippen LogP contribution in [0.4, 0.5) is 0 Å². The molecule has 0 fully saturated rings. The second-order valence-electron chi connectivity index (χ2n) is 13.5. The number of nitrogens with zero attached hydrogens (tertiary/aromatic N) is 2. The van der Waals surface area contributed by atoms with E-state index in [-0.39, 0.29) is 48.5 Å². The van der Waals surface area contributed by atoms with E-state index in [9.17, 15) is 19.5 Å². The van der Waals surface area contributed by atoms with Gasteiger partial charge in [0.25, 0.3) is 5.91 Å². The standard InChI is InChI=1S/C38H62N4O7S/c1-8-18-49-34(23-33(26(4)5)42(25-47-10-3)35(43)20-27(6)9-2)37-41-32(24-50-37)36(44)40-30(21-28(7)38(45)46)22-29-13-15-31(16-14-29)48-19-12-11-17-39/h13-16,24,26-28,30,33-34H,8-12,17-23,25,39H2,1-7H3,(H,40,44)(H,45,46)/t27-,28-,30+,33?,34+/m0/s1. The zero-order chi connectivity index (χ0) is 37.1. The van der Waals surface area contributed by atoms with Crippen molar-refractivity contribution in [2.45, 2.75) is 118 Å². The zero-order valence-corrected chi connectivity index (χ0v) is 32.1. The van der Waals surface area contributed by atoms with E-state index in [1.165, 1.54) is 11.3 Å². The van der Waals surface area contributed by atoms with Crippen molar-refractivity contribution in [3.05, 3.63) is 45.9 Å². The summed E-state index contributed by atoms with van der Waals surface area (Å²) in [4.78, 5) is 45.5. The highest BCUT2D eigenvalue weighted by Gasteiger charge is 2.32. The summed E-state index contributed by atoms with van der Waals surface area (Å²) in [5.74, 6) is -0.741. The Morgan fingerprint density at radius 1 is 1.02 bits per heavy atom. The van der Waals surface area contributed by atoms with Gasteiger partial charge in [-0.1, -0.05) is 60.1 Å². The van der Waals surface area contributed by atoms with Gasteiger partial charge in [-0.3, -0.25) is 14.4 Å². The Bertz CT molecular complexity index is 1270. The van der Waals surface area contributed by atoms with E-state index in [4.69, 9.17) is 24.9 Å². The molecule has 1 aromatic heterocycles. The van der Waals surface area contributed by atoms with E-state index in [1.54, 1.807) is 12.3 Å². The molecular weight excluding hydrogens is 657 g/mol. The van der Waals surface area contributed by atoms with Gasteiger partial charge >= 0.3 is 5.97 Å². The second kappa shape index (κ2) is 23.4. The Hall–Kier alpha value is -3.06. The number of benzene rings is 1. The first-order chi connectivity index (χ1) is 23.9. The first-order valence-corrected chi connectivity index (χ1v) is 19.2. The molecular formula is C38H62N4O7S. The van der Waals surface area contributed by atoms with E-state index in [1.807, 2.05) is 43.0 Å². The maximum absolute atomic E-state index is 13.6. The number of thiazole rings is 1. The molecule has 0 bridgehead atoms. The first kappa shape index (κ1) is 43.1. The van der Waals surface area contributed by atoms with Gasteiger partial charge in [-0.05, 0) is 75.1 Å². The third-order valence-electron chi connectivity index (χ3n) is 8.82. The van der Waals surface area contributed by atoms with E-state index in [0.29, 0.717) is 50.6 Å². The molecule has 2 rings (SSSR count). The van der Waals surface area contributed by atoms with Gasteiger partial charge in [-0.2, -0.15) is 0 Å². The zero-order valence-electron chi connectivity index (χ0n) is 31.3. The highest BCUT2D eigenvalue weighted by atomic mass is 32.1. The lowest BCUT2D eigenvalue weighted by Gasteiger charge is -2.36. The summed E-state index contributed by atoms with van der Waals surface area (Å²) >= 11 is 1.36. The summed E-state index contributed by atoms with van der Waals surface area (Å²) in [7, 11) is 0. The number of carbonyl (C=O) groups is 3. The minimum Gasteiger partial charge on any atom is -0.494 e. The van der Waals surface area contributed by atoms with E-state index >= 15 is 0 Å². The van der Waals surface area contributed by atoms with E-state index in [2.05, 4.69) is 33.0 Å². The quantitative estimate of drug-likeness (QED) is 0.0700. The summed E-state index contributed by atoms with van der Waals surface area (Å²) in [6, 6.07) is 7.05. The summed E-state index contributed by atoms with van der Waals surface area (Å²) in [5.41, 5.74) is 6.76. The molecule has 4 N–H and O–H groups in total. The van der Waals surface area contributed by atoms with Gasteiger partial charge in [0.05, 0.1) is 12.5 Å². The SMILES string of the molecule is CCCO[C@H](CC(C(C)C)N(COCC)C(=O)C[C@@H](C)CC)c1nc(C(=O)N[C@@H](Cc2ccc(OCCCCN)cc2)C[C@H](C)C(=O)O)cs1. The summed E-state index contributed by atoms with van der Waals surface area (Å²) < 4.78 is 17.9. The molecule has 0 aliphatic rings. The second-order valence-corrected chi connectivity index (χ2v) is 14.4. The molecule has 0 aliphatic heterocycles. The van der Waals surface area contributed by atoms with Crippen LogP contribution in [0.3, 0.4) is 0 Å². The van der Waals surface area contributed by atoms with Crippen LogP contribution >= 0.6 is 11.3 Å². The average molecular weight is 719 g/mol. The Labute approximate surface area is 303 Å². The number of carboxylic acids is 1. The minimum absolute atomic E-state index is 0.0613. The number of aliphatic carboxylic acids is 1. The van der Waals surface area contributed by atoms with Crippen LogP contribution in [0.15, 0.2) is 29.6 Å². The number of rotatable bonds is 26. The predicted octanol–water partition coefficient (Wildman–Crippen LogP) is 6.85. The minimum atomic E-state index is -0.918. The van der Waals surface area contributed by atoms with Crippen LogP contribution in [-0.4, -0.2) is 78.0 Å². The summed E-state index contributed by atoms with van der Waals surface area (Å²) in [5, 5.41) is 15.1. The number of hydrogen-bond donors (Lipinski definition) is 3. The number of nitrogens with two attached hydrogens (primary N) is 1. The van der Waals surface area contributed by atoms with Gasteiger partial charge in [0.15, 0.2) is 0 Å². The van der Waals surface area contributed by atoms with Crippen LogP contribution in [-0.2, 0) is 25.5 Å². The largest absolute Gasteiger partial charge is 0.494 e. The number of aromatic nitrogens is 1. The highest BCUT2D eigenvalue weighted by Crippen LogP contribution is 2.31. The summed E-state index contributed by atoms with van der Waals surface area (Å²) in [6.45, 7) is 16.4. The molecule has 282 valence electrons. The number of amides is 2. The molecule has 5 atom stereocenters. The fourth-order valence-corrected chi connectivity index (χ4v) is 6.40. The number of ether oxygens (including phenoxy) is 3. The Morgan fingerprint density at radius 3 is 2.34 bits per heavy atom. The Morgan fingerprint density at radius 2 is 1.74 bits per heavy atom. The highest BCUT2D eigenvalue weighted by molar-refractivity contribution is 7.09. The molecule has 0 saturated carbocycles. The van der Waals surface area contributed by atoms with Crippen molar-refractivity contribution < 1.29 is 33.7 Å². The van der Waals surface area contributed by atoms with Crippen molar-refractivity contribution in [2.24, 2.45) is 23.5 Å². The lowest BCUT2D eigenvalue weighted by Crippen LogP contribution is -2.46. The third-order valence-corrected chi connectivity index (χ3v) is 9.76. The number of unbranched alkanes of at least 4 members (excludes halogenated alkanes) is 1. The lowest BCUT2D eigenvalue weighted by atomic mass is 9.95. The van der Waals surface area contributed by atoms with E-state index in [0.717, 1.165) is 37.0 Å². The number of carboxylic acid groups (broad SMARTS) is 1. The van der Waals surface area contributed by atoms with Crippen molar-refractivity contribution in [3.63, 3.8) is 0 Å². The van der Waals surface area contributed by atoms with Crippen molar-refractivity contribution in [1.82, 2.24) is 15.2 Å². The number of carbonyl (C=O) groups excluding carboxylic acids is 2. The van der Waals surface area contributed by atoms with Crippen LogP contribution in [0, 0.1) is 17.8 Å². The molecule has 0 aliphatic carbocycles. The van der Waals surface area contributed by atoms with Crippen LogP contribution in [0.5, 0.6) is 5.75 Å². The molecule has 2 amide bonds. The van der Waals surface area contributed by atoms with Crippen molar-refractivity contribution in [2.75, 3.05) is 33.1 Å². The Balaban J connectivity index is 2.26. The van der Waals surface area contributed by atoms with Gasteiger partial charge in [-0.15, -0.1) is 11.3 Å². The Kier molecular flexibility index (Phi) is 20.2. The van der Waals surface area contributed by atoms with Gasteiger partial charge in [0.1, 0.15) is 29.3 Å². The van der Waals surface area contributed by atoms with Crippen LogP contribution in [0.1, 0.15) is 121 Å². The maximum Gasteiger partial charge on any atom is 0.306 e. The first-order valence-electron chi connectivity index (χ1n) is 18.3. The molecule has 1 heterocycles. The topological polar surface area (TPSA) is 153 Å². The van der Waals surface area contributed by atoms with Crippen LogP contribution < -0.4 is 15.8 Å². The van der Waals surface area contributed by atoms with Crippen LogP contribution in [0.2, 0.25) is 0 Å². The van der Waals surface area contributed by atoms with Gasteiger partial charge in [0.2, 0.25) is 5.91 Å². The molecule has 2 aromatic rings. The van der Waals surface area contributed by atoms with Gasteiger partial charge in [0, 0.05) is 43.5 Å². The average Bonchev–Trinajstić information content (AvgIpc) is 3.58. The van der Waals surface area contributed by atoms with Crippen molar-refractivity contribution in [1.29, 1.82) is 0 Å². The molecule has 50 heavy (non-hydrogen) atoms. The van der Waals surface area contributed by atoms with Crippen LogP contribution in [0.25, 0.3) is 0 Å². The fourth-order valence-electron chi connectivity index (χ4n) is 5.54. The lowest BCUT2D eigenvalue weighted by molar-refractivity contribution is -0.144. The van der Waals surface area contributed by atoms with Crippen molar-refractivity contribution >= 4 is 29.1 Å². The smallest absolute Gasteiger partial charge is 0.306 e. The molecule has 0 radical (unpaired) electrons. The fraction of sp³-hybridized carbons (Fsp3) is 0.684. The molecule has 0 spiro atoms. The molecule has 12 heteroatoms. The van der Waals surface area contributed by atoms with Gasteiger partial charge in [-0.25, -0.2) is 4.98 Å². The molecule has 11 nitrogen and oxygen atoms in total. The monoisotopic (exact) mass is 718 g/mol. The normalized spacial score (nSPS) is 14.5. The number of nitrogens with one attached hydrogen (secondary N) is 1. The predicted molar refractivity (Wildman–Crippen MR) is 198 cm³/mol. The third kappa shape index (κ3) is 15.0. The summed E-state index contributed by atoms with van der Waals surface area (Å²) in [6.07, 6.45) is 4.75. The molecule has 0 saturated heterocycles. The maximum atomic E-state index is 13.6. The van der Waals surface area contributed by atoms with Crippen molar-refractivity contribution in [3.8, 4) is 5.75 Å².